The fraction of sp³-hybridized carbons (Fsp3) is 0.533. The fourth-order valence-corrected chi connectivity index (χ4v) is 2.73. The molecule has 4 atom stereocenters. The standard InChI is InChI=1S/C15H22N2O3/c1-10(11-5-3-2-4-6-11)17-13-8-7-12(9-14(13)18)20-15(16)19/h2-6,10,12-14,17-18H,7-9H2,1H3,(H2,16,19)/t10?,12-,13-,14-/m0/s1. The van der Waals surface area contributed by atoms with Gasteiger partial charge in [-0.2, -0.15) is 0 Å². The number of primary amides is 1. The van der Waals surface area contributed by atoms with Gasteiger partial charge in [-0.05, 0) is 25.3 Å². The van der Waals surface area contributed by atoms with Crippen LogP contribution in [-0.2, 0) is 4.74 Å². The zero-order valence-corrected chi connectivity index (χ0v) is 11.7. The van der Waals surface area contributed by atoms with E-state index in [1.165, 1.54) is 5.56 Å². The molecular weight excluding hydrogens is 256 g/mol. The summed E-state index contributed by atoms with van der Waals surface area (Å²) < 4.78 is 4.95. The van der Waals surface area contributed by atoms with Crippen molar-refractivity contribution in [2.24, 2.45) is 5.73 Å². The highest BCUT2D eigenvalue weighted by molar-refractivity contribution is 5.64. The first-order valence-corrected chi connectivity index (χ1v) is 7.01. The molecule has 0 saturated heterocycles. The lowest BCUT2D eigenvalue weighted by atomic mass is 9.89. The van der Waals surface area contributed by atoms with E-state index in [0.717, 1.165) is 12.8 Å². The third-order valence-corrected chi connectivity index (χ3v) is 3.81. The summed E-state index contributed by atoms with van der Waals surface area (Å²) in [4.78, 5) is 10.7. The van der Waals surface area contributed by atoms with Gasteiger partial charge in [0.25, 0.3) is 0 Å². The first-order chi connectivity index (χ1) is 9.56. The van der Waals surface area contributed by atoms with Gasteiger partial charge in [-0.25, -0.2) is 4.79 Å². The second-order valence-electron chi connectivity index (χ2n) is 5.34. The third kappa shape index (κ3) is 3.95. The molecule has 0 bridgehead atoms. The van der Waals surface area contributed by atoms with Crippen molar-refractivity contribution in [1.82, 2.24) is 5.32 Å². The number of carbonyl (C=O) groups excluding carboxylic acids is 1. The van der Waals surface area contributed by atoms with Gasteiger partial charge in [0.05, 0.1) is 6.10 Å². The molecule has 0 radical (unpaired) electrons. The summed E-state index contributed by atoms with van der Waals surface area (Å²) >= 11 is 0. The monoisotopic (exact) mass is 278 g/mol. The quantitative estimate of drug-likeness (QED) is 0.783. The molecule has 0 spiro atoms. The molecule has 1 fully saturated rings. The number of benzene rings is 1. The second-order valence-corrected chi connectivity index (χ2v) is 5.34. The van der Waals surface area contributed by atoms with Crippen LogP contribution in [0.2, 0.25) is 0 Å². The van der Waals surface area contributed by atoms with E-state index < -0.39 is 12.2 Å². The fourth-order valence-electron chi connectivity index (χ4n) is 2.73. The Morgan fingerprint density at radius 2 is 2.10 bits per heavy atom. The van der Waals surface area contributed by atoms with Crippen molar-refractivity contribution in [2.75, 3.05) is 0 Å². The van der Waals surface area contributed by atoms with Gasteiger partial charge in [0, 0.05) is 18.5 Å². The van der Waals surface area contributed by atoms with E-state index in [4.69, 9.17) is 10.5 Å². The highest BCUT2D eigenvalue weighted by atomic mass is 16.6. The van der Waals surface area contributed by atoms with Crippen LogP contribution in [0.1, 0.15) is 37.8 Å². The van der Waals surface area contributed by atoms with Gasteiger partial charge in [0.2, 0.25) is 0 Å². The van der Waals surface area contributed by atoms with Crippen LogP contribution in [0.15, 0.2) is 30.3 Å². The maximum absolute atomic E-state index is 10.7. The van der Waals surface area contributed by atoms with Gasteiger partial charge in [0.1, 0.15) is 6.10 Å². The van der Waals surface area contributed by atoms with Gasteiger partial charge in [-0.15, -0.1) is 0 Å². The number of hydrogen-bond acceptors (Lipinski definition) is 4. The minimum absolute atomic E-state index is 0.0120. The van der Waals surface area contributed by atoms with E-state index in [0.29, 0.717) is 6.42 Å². The Bertz CT molecular complexity index is 438. The van der Waals surface area contributed by atoms with Crippen LogP contribution in [0.4, 0.5) is 4.79 Å². The molecule has 4 N–H and O–H groups in total. The smallest absolute Gasteiger partial charge is 0.404 e. The number of nitrogens with two attached hydrogens (primary N) is 1. The molecule has 5 nitrogen and oxygen atoms in total. The van der Waals surface area contributed by atoms with Gasteiger partial charge in [-0.1, -0.05) is 30.3 Å². The van der Waals surface area contributed by atoms with Gasteiger partial charge in [0.15, 0.2) is 0 Å². The molecule has 110 valence electrons. The molecule has 1 aromatic rings. The maximum atomic E-state index is 10.7. The van der Waals surface area contributed by atoms with E-state index in [1.807, 2.05) is 18.2 Å². The topological polar surface area (TPSA) is 84.6 Å². The van der Waals surface area contributed by atoms with E-state index in [-0.39, 0.29) is 18.2 Å². The van der Waals surface area contributed by atoms with Crippen LogP contribution >= 0.6 is 0 Å². The molecule has 0 aromatic heterocycles. The zero-order chi connectivity index (χ0) is 14.5. The molecule has 1 aromatic carbocycles. The highest BCUT2D eigenvalue weighted by Gasteiger charge is 2.31. The van der Waals surface area contributed by atoms with Crippen molar-refractivity contribution in [1.29, 1.82) is 0 Å². The summed E-state index contributed by atoms with van der Waals surface area (Å²) in [6, 6.07) is 10.3. The van der Waals surface area contributed by atoms with Crippen molar-refractivity contribution in [3.63, 3.8) is 0 Å². The van der Waals surface area contributed by atoms with Crippen LogP contribution < -0.4 is 11.1 Å². The average Bonchev–Trinajstić information content (AvgIpc) is 2.42. The lowest BCUT2D eigenvalue weighted by Crippen LogP contribution is -2.47. The Morgan fingerprint density at radius 1 is 1.40 bits per heavy atom. The molecule has 1 aliphatic rings. The predicted molar refractivity (Wildman–Crippen MR) is 76.1 cm³/mol. The Balaban J connectivity index is 1.87. The summed E-state index contributed by atoms with van der Waals surface area (Å²) in [6.07, 6.45) is 0.343. The first kappa shape index (κ1) is 14.8. The summed E-state index contributed by atoms with van der Waals surface area (Å²) in [5.41, 5.74) is 6.19. The largest absolute Gasteiger partial charge is 0.446 e. The van der Waals surface area contributed by atoms with Crippen LogP contribution in [-0.4, -0.2) is 29.4 Å². The summed E-state index contributed by atoms with van der Waals surface area (Å²) in [7, 11) is 0. The molecule has 20 heavy (non-hydrogen) atoms. The molecule has 1 amide bonds. The molecule has 1 unspecified atom stereocenters. The summed E-state index contributed by atoms with van der Waals surface area (Å²) in [5.74, 6) is 0. The Kier molecular flexibility index (Phi) is 4.98. The van der Waals surface area contributed by atoms with Crippen LogP contribution in [0.3, 0.4) is 0 Å². The average molecular weight is 278 g/mol. The minimum atomic E-state index is -0.772. The van der Waals surface area contributed by atoms with Crippen LogP contribution in [0, 0.1) is 0 Å². The normalized spacial score (nSPS) is 27.8. The minimum Gasteiger partial charge on any atom is -0.446 e. The van der Waals surface area contributed by atoms with Crippen molar-refractivity contribution in [3.8, 4) is 0 Å². The number of rotatable bonds is 4. The van der Waals surface area contributed by atoms with E-state index in [9.17, 15) is 9.90 Å². The molecule has 0 heterocycles. The SMILES string of the molecule is CC(N[C@H]1CC[C@H](OC(N)=O)C[C@@H]1O)c1ccccc1. The summed E-state index contributed by atoms with van der Waals surface area (Å²) in [6.45, 7) is 2.08. The number of aliphatic hydroxyl groups is 1. The van der Waals surface area contributed by atoms with Gasteiger partial charge >= 0.3 is 6.09 Å². The molecule has 0 aliphatic heterocycles. The van der Waals surface area contributed by atoms with Gasteiger partial charge in [-0.3, -0.25) is 0 Å². The highest BCUT2D eigenvalue weighted by Crippen LogP contribution is 2.24. The van der Waals surface area contributed by atoms with E-state index >= 15 is 0 Å². The first-order valence-electron chi connectivity index (χ1n) is 7.01. The Labute approximate surface area is 119 Å². The molecule has 1 aliphatic carbocycles. The van der Waals surface area contributed by atoms with Crippen LogP contribution in [0.5, 0.6) is 0 Å². The Morgan fingerprint density at radius 3 is 2.70 bits per heavy atom. The van der Waals surface area contributed by atoms with E-state index in [2.05, 4.69) is 24.4 Å². The number of hydrogen-bond donors (Lipinski definition) is 3. The summed E-state index contributed by atoms with van der Waals surface area (Å²) in [5, 5.41) is 13.6. The second kappa shape index (κ2) is 6.72. The molecule has 5 heteroatoms. The predicted octanol–water partition coefficient (Wildman–Crippen LogP) is 1.71. The van der Waals surface area contributed by atoms with Crippen LogP contribution in [0.25, 0.3) is 0 Å². The number of amides is 1. The van der Waals surface area contributed by atoms with Crippen molar-refractivity contribution in [2.45, 2.75) is 50.5 Å². The number of carbonyl (C=O) groups is 1. The molecular formula is C15H22N2O3. The zero-order valence-electron chi connectivity index (χ0n) is 11.7. The van der Waals surface area contributed by atoms with Gasteiger partial charge < -0.3 is 20.9 Å². The lowest BCUT2D eigenvalue weighted by Gasteiger charge is -2.34. The van der Waals surface area contributed by atoms with Crippen molar-refractivity contribution < 1.29 is 14.6 Å². The number of ether oxygens (including phenoxy) is 1. The van der Waals surface area contributed by atoms with E-state index in [1.54, 1.807) is 0 Å². The van der Waals surface area contributed by atoms with Crippen molar-refractivity contribution >= 4 is 6.09 Å². The molecule has 2 rings (SSSR count). The maximum Gasteiger partial charge on any atom is 0.404 e. The Hall–Kier alpha value is -1.59. The lowest BCUT2D eigenvalue weighted by molar-refractivity contribution is 0.00538. The van der Waals surface area contributed by atoms with Crippen molar-refractivity contribution in [3.05, 3.63) is 35.9 Å². The number of aliphatic hydroxyl groups excluding tert-OH is 1. The third-order valence-electron chi connectivity index (χ3n) is 3.81. The number of nitrogens with one attached hydrogen (secondary N) is 1. The molecule has 1 saturated carbocycles.